The summed E-state index contributed by atoms with van der Waals surface area (Å²) in [5.41, 5.74) is 7.22. The first kappa shape index (κ1) is 30.5. The Bertz CT molecular complexity index is 2090. The highest BCUT2D eigenvalue weighted by Crippen LogP contribution is 2.44. The minimum Gasteiger partial charge on any atom is -0.505 e. The van der Waals surface area contributed by atoms with Gasteiger partial charge in [0, 0.05) is 5.39 Å². The van der Waals surface area contributed by atoms with E-state index in [9.17, 15) is 23.4 Å². The number of fused-ring (bicyclic) bond motifs is 1. The number of azo groups is 1. The highest BCUT2D eigenvalue weighted by molar-refractivity contribution is 7.86. The number of nitrogens with one attached hydrogen (secondary N) is 2. The van der Waals surface area contributed by atoms with Crippen LogP contribution in [0, 0.1) is 6.92 Å². The second-order valence-electron chi connectivity index (χ2n) is 9.25. The Morgan fingerprint density at radius 3 is 2.24 bits per heavy atom. The minimum atomic E-state index is -4.43. The molecule has 0 aliphatic heterocycles. The molecule has 5 aromatic rings. The van der Waals surface area contributed by atoms with E-state index in [0.717, 1.165) is 6.07 Å². The molecular weight excluding hydrogens is 608 g/mol. The maximum atomic E-state index is 12.6. The van der Waals surface area contributed by atoms with Gasteiger partial charge in [0.2, 0.25) is 11.9 Å². The third kappa shape index (κ3) is 6.38. The third-order valence-corrected chi connectivity index (χ3v) is 7.40. The number of aromatic nitrogens is 3. The molecule has 5 rings (SSSR count). The summed E-state index contributed by atoms with van der Waals surface area (Å²) in [6, 6.07) is 16.0. The van der Waals surface area contributed by atoms with Gasteiger partial charge < -0.3 is 31.4 Å². The van der Waals surface area contributed by atoms with Crippen LogP contribution in [-0.2, 0) is 19.2 Å². The molecule has 0 aliphatic carbocycles. The number of carbonyl (C=O) groups excluding carboxylic acids is 1. The van der Waals surface area contributed by atoms with Crippen LogP contribution < -0.4 is 28.2 Å². The summed E-state index contributed by atoms with van der Waals surface area (Å²) in [7, 11) is -4.43. The maximum absolute atomic E-state index is 12.6. The van der Waals surface area contributed by atoms with Gasteiger partial charge in [-0.05, 0) is 60.3 Å². The molecule has 0 saturated carbocycles. The van der Waals surface area contributed by atoms with Crippen molar-refractivity contribution in [2.75, 3.05) is 16.4 Å². The first-order valence-corrected chi connectivity index (χ1v) is 14.1. The zero-order chi connectivity index (χ0) is 32.3. The van der Waals surface area contributed by atoms with Crippen LogP contribution in [0.15, 0.2) is 81.9 Å². The average Bonchev–Trinajstić information content (AvgIpc) is 3.01. The van der Waals surface area contributed by atoms with E-state index in [2.05, 4.69) is 44.9 Å². The Kier molecular flexibility index (Phi) is 8.37. The first-order valence-electron chi connectivity index (χ1n) is 12.7. The quantitative estimate of drug-likeness (QED) is 0.0690. The van der Waals surface area contributed by atoms with E-state index in [1.54, 1.807) is 43.3 Å². The molecule has 0 atom stereocenters. The van der Waals surface area contributed by atoms with Crippen molar-refractivity contribution in [1.29, 1.82) is 0 Å². The molecule has 1 heterocycles. The van der Waals surface area contributed by atoms with E-state index >= 15 is 0 Å². The Labute approximate surface area is 254 Å². The van der Waals surface area contributed by atoms with Crippen LogP contribution >= 0.6 is 0 Å². The zero-order valence-electron chi connectivity index (χ0n) is 23.2. The summed E-state index contributed by atoms with van der Waals surface area (Å²) in [5, 5.41) is 35.8. The smallest absolute Gasteiger partial charge is 0.358 e. The summed E-state index contributed by atoms with van der Waals surface area (Å²) in [6.45, 7) is 1.60. The second-order valence-corrected chi connectivity index (χ2v) is 10.8. The van der Waals surface area contributed by atoms with Crippen molar-refractivity contribution < 1.29 is 32.5 Å². The Balaban J connectivity index is 1.64. The van der Waals surface area contributed by atoms with Crippen molar-refractivity contribution in [2.45, 2.75) is 11.8 Å². The van der Waals surface area contributed by atoms with E-state index in [4.69, 9.17) is 17.5 Å². The third-order valence-electron chi connectivity index (χ3n) is 6.33. The number of hydrogen-bond donors (Lipinski definition) is 7. The largest absolute Gasteiger partial charge is 0.505 e. The lowest BCUT2D eigenvalue weighted by Gasteiger charge is -2.15. The lowest BCUT2D eigenvalue weighted by Crippen LogP contribution is -2.12. The number of carbonyl (C=O) groups is 1. The summed E-state index contributed by atoms with van der Waals surface area (Å²) in [5.74, 6) is 8.41. The van der Waals surface area contributed by atoms with Crippen molar-refractivity contribution in [1.82, 2.24) is 15.0 Å². The van der Waals surface area contributed by atoms with Crippen LogP contribution in [0.25, 0.3) is 10.8 Å². The molecule has 45 heavy (non-hydrogen) atoms. The number of benzene rings is 4. The highest BCUT2D eigenvalue weighted by atomic mass is 32.2. The molecule has 0 spiro atoms. The lowest BCUT2D eigenvalue weighted by atomic mass is 10.0. The molecule has 0 saturated heterocycles. The Morgan fingerprint density at radius 1 is 0.889 bits per heavy atom. The monoisotopic (exact) mass is 632 g/mol. The van der Waals surface area contributed by atoms with Crippen LogP contribution in [0.1, 0.15) is 15.9 Å². The molecule has 0 unspecified atom stereocenters. The van der Waals surface area contributed by atoms with E-state index in [0.29, 0.717) is 16.9 Å². The molecular formula is C27H24N10O7S. The van der Waals surface area contributed by atoms with E-state index in [-0.39, 0.29) is 50.2 Å². The summed E-state index contributed by atoms with van der Waals surface area (Å²) < 4.78 is 29.4. The fraction of sp³-hybridized carbons (Fsp3) is 0.0370. The van der Waals surface area contributed by atoms with Crippen LogP contribution in [0.2, 0.25) is 0 Å². The normalized spacial score (nSPS) is 11.5. The molecule has 0 radical (unpaired) electrons. The van der Waals surface area contributed by atoms with Gasteiger partial charge >= 0.3 is 22.1 Å². The topological polar surface area (TPSA) is 276 Å². The van der Waals surface area contributed by atoms with Crippen molar-refractivity contribution in [3.05, 3.63) is 77.9 Å². The number of aromatic hydroxyl groups is 2. The second kappa shape index (κ2) is 12.3. The molecule has 0 bridgehead atoms. The summed E-state index contributed by atoms with van der Waals surface area (Å²) >= 11 is 0. The molecule has 0 fully saturated rings. The number of aryl methyl sites for hydroxylation is 1. The minimum absolute atomic E-state index is 0.0208. The summed E-state index contributed by atoms with van der Waals surface area (Å²) in [4.78, 5) is 27.9. The van der Waals surface area contributed by atoms with Crippen LogP contribution in [0.3, 0.4) is 0 Å². The van der Waals surface area contributed by atoms with Crippen LogP contribution in [-0.4, -0.2) is 39.6 Å². The molecule has 10 N–H and O–H groups in total. The van der Waals surface area contributed by atoms with Crippen molar-refractivity contribution >= 4 is 67.2 Å². The number of rotatable bonds is 9. The molecule has 17 nitrogen and oxygen atoms in total. The van der Waals surface area contributed by atoms with Gasteiger partial charge in [0.05, 0.1) is 27.5 Å². The van der Waals surface area contributed by atoms with E-state index in [1.165, 1.54) is 24.3 Å². The van der Waals surface area contributed by atoms with Crippen molar-refractivity contribution in [2.24, 2.45) is 22.0 Å². The number of hydrogen-bond acceptors (Lipinski definition) is 17. The number of nitrogen functional groups attached to an aromatic ring is 1. The van der Waals surface area contributed by atoms with Gasteiger partial charge in [-0.3, -0.25) is 0 Å². The van der Waals surface area contributed by atoms with E-state index < -0.39 is 27.8 Å². The molecule has 230 valence electrons. The van der Waals surface area contributed by atoms with Gasteiger partial charge in [-0.2, -0.15) is 39.4 Å². The van der Waals surface area contributed by atoms with Gasteiger partial charge in [0.25, 0.3) is 0 Å². The maximum Gasteiger partial charge on any atom is 0.358 e. The Morgan fingerprint density at radius 2 is 1.56 bits per heavy atom. The van der Waals surface area contributed by atoms with Gasteiger partial charge in [-0.15, -0.1) is 10.2 Å². The fourth-order valence-electron chi connectivity index (χ4n) is 4.28. The first-order chi connectivity index (χ1) is 21.5. The molecule has 1 aromatic heterocycles. The van der Waals surface area contributed by atoms with Crippen molar-refractivity contribution in [3.63, 3.8) is 0 Å². The van der Waals surface area contributed by atoms with Crippen LogP contribution in [0.5, 0.6) is 11.8 Å². The average molecular weight is 633 g/mol. The number of nitrogens with two attached hydrogens (primary N) is 3. The van der Waals surface area contributed by atoms with Gasteiger partial charge in [0.15, 0.2) is 5.75 Å². The SMILES string of the molecule is Cc1cc2cc(S(=O)(=O)ON)cc(Nc3nc(O)nc(Nc4ccccc4N)n3)c2c(O)c1N=Nc1ccccc1C(=O)ON. The van der Waals surface area contributed by atoms with Gasteiger partial charge in [-0.1, -0.05) is 24.3 Å². The summed E-state index contributed by atoms with van der Waals surface area (Å²) in [6.07, 6.45) is 0. The van der Waals surface area contributed by atoms with E-state index in [1.807, 2.05) is 0 Å². The van der Waals surface area contributed by atoms with Crippen LogP contribution in [0.4, 0.5) is 40.3 Å². The standard InChI is InChI=1S/C27H24N10O7S/c1-13-10-14-11-15(45(41,42)44-30)12-20(32-26-33-25(34-27(40)35-26)31-19-9-5-3-7-17(19)28)21(14)23(38)22(13)37-36-18-8-4-2-6-16(18)24(39)43-29/h2-12,38H,28-30H2,1H3,(H3,31,32,33,34,35,40). The molecule has 4 aromatic carbocycles. The molecule has 18 heteroatoms. The predicted molar refractivity (Wildman–Crippen MR) is 162 cm³/mol. The fourth-order valence-corrected chi connectivity index (χ4v) is 4.92. The number of nitrogens with zero attached hydrogens (tertiary/aromatic N) is 5. The Hall–Kier alpha value is -5.95. The number of phenols is 1. The van der Waals surface area contributed by atoms with Gasteiger partial charge in [0.1, 0.15) is 11.4 Å². The zero-order valence-corrected chi connectivity index (χ0v) is 24.0. The molecule has 0 amide bonds. The lowest BCUT2D eigenvalue weighted by molar-refractivity contribution is 0.0504. The number of anilines is 5. The van der Waals surface area contributed by atoms with Gasteiger partial charge in [-0.25, -0.2) is 4.79 Å². The van der Waals surface area contributed by atoms with Crippen molar-refractivity contribution in [3.8, 4) is 11.8 Å². The predicted octanol–water partition coefficient (Wildman–Crippen LogP) is 3.84. The molecule has 0 aliphatic rings. The number of para-hydroxylation sites is 2. The highest BCUT2D eigenvalue weighted by Gasteiger charge is 2.22. The number of phenolic OH excluding ortho intramolecular Hbond substituents is 1.